The van der Waals surface area contributed by atoms with E-state index in [-0.39, 0.29) is 11.8 Å². The molecule has 0 spiro atoms. The van der Waals surface area contributed by atoms with E-state index < -0.39 is 0 Å². The molecule has 0 radical (unpaired) electrons. The number of aryl methyl sites for hydroxylation is 1. The van der Waals surface area contributed by atoms with Crippen LogP contribution in [0.15, 0.2) is 0 Å². The van der Waals surface area contributed by atoms with E-state index in [1.54, 1.807) is 18.4 Å². The lowest BCUT2D eigenvalue weighted by atomic mass is 9.95. The Morgan fingerprint density at radius 1 is 1.22 bits per heavy atom. The molecule has 1 saturated heterocycles. The second-order valence-electron chi connectivity index (χ2n) is 7.53. The summed E-state index contributed by atoms with van der Waals surface area (Å²) >= 11 is 1.58. The standard InChI is InChI=1S/C20H31N3O3S/c1-14-7-5-6-11-23(14)13-17(24)22-20-18(19(25)21-10-12-26-2)15-8-3-4-9-16(15)27-20/h14H,3-13H2,1-2H3,(H,21,25)(H,22,24)/t14-/m0/s1. The molecule has 2 aliphatic rings. The van der Waals surface area contributed by atoms with Gasteiger partial charge >= 0.3 is 0 Å². The number of amides is 2. The molecule has 150 valence electrons. The zero-order chi connectivity index (χ0) is 19.2. The summed E-state index contributed by atoms with van der Waals surface area (Å²) in [5, 5.41) is 6.69. The number of thiophene rings is 1. The second kappa shape index (κ2) is 9.66. The molecule has 1 atom stereocenters. The molecule has 2 heterocycles. The number of nitrogens with one attached hydrogen (secondary N) is 2. The molecule has 1 aromatic rings. The van der Waals surface area contributed by atoms with Gasteiger partial charge in [-0.1, -0.05) is 6.42 Å². The third kappa shape index (κ3) is 5.09. The van der Waals surface area contributed by atoms with E-state index >= 15 is 0 Å². The van der Waals surface area contributed by atoms with Crippen LogP contribution < -0.4 is 10.6 Å². The van der Waals surface area contributed by atoms with Crippen LogP contribution in [0.3, 0.4) is 0 Å². The van der Waals surface area contributed by atoms with Gasteiger partial charge in [0.05, 0.1) is 18.7 Å². The number of nitrogens with zero attached hydrogens (tertiary/aromatic N) is 1. The van der Waals surface area contributed by atoms with Crippen molar-refractivity contribution < 1.29 is 14.3 Å². The lowest BCUT2D eigenvalue weighted by molar-refractivity contribution is -0.118. The first kappa shape index (κ1) is 20.3. The maximum Gasteiger partial charge on any atom is 0.254 e. The van der Waals surface area contributed by atoms with Crippen LogP contribution >= 0.6 is 11.3 Å². The summed E-state index contributed by atoms with van der Waals surface area (Å²) in [5.74, 6) is -0.124. The SMILES string of the molecule is COCCNC(=O)c1c(NC(=O)CN2CCCC[C@@H]2C)sc2c1CCCC2. The van der Waals surface area contributed by atoms with E-state index in [4.69, 9.17) is 4.74 Å². The van der Waals surface area contributed by atoms with Crippen LogP contribution in [0, 0.1) is 0 Å². The molecular weight excluding hydrogens is 362 g/mol. The highest BCUT2D eigenvalue weighted by molar-refractivity contribution is 7.17. The summed E-state index contributed by atoms with van der Waals surface area (Å²) in [4.78, 5) is 28.9. The number of methoxy groups -OCH3 is 1. The first-order valence-electron chi connectivity index (χ1n) is 10.1. The molecule has 0 unspecified atom stereocenters. The first-order valence-corrected chi connectivity index (χ1v) is 10.9. The third-order valence-corrected chi connectivity index (χ3v) is 6.74. The van der Waals surface area contributed by atoms with Gasteiger partial charge in [-0.3, -0.25) is 14.5 Å². The highest BCUT2D eigenvalue weighted by Crippen LogP contribution is 2.38. The fraction of sp³-hybridized carbons (Fsp3) is 0.700. The summed E-state index contributed by atoms with van der Waals surface area (Å²) < 4.78 is 5.02. The number of carbonyl (C=O) groups is 2. The van der Waals surface area contributed by atoms with Crippen LogP contribution in [0.4, 0.5) is 5.00 Å². The molecule has 7 heteroatoms. The number of hydrogen-bond acceptors (Lipinski definition) is 5. The molecule has 0 bridgehead atoms. The number of likely N-dealkylation sites (tertiary alicyclic amines) is 1. The predicted octanol–water partition coefficient (Wildman–Crippen LogP) is 2.82. The van der Waals surface area contributed by atoms with Crippen molar-refractivity contribution in [2.75, 3.05) is 38.7 Å². The molecule has 1 aliphatic carbocycles. The zero-order valence-corrected chi connectivity index (χ0v) is 17.3. The van der Waals surface area contributed by atoms with E-state index in [1.165, 1.54) is 11.3 Å². The largest absolute Gasteiger partial charge is 0.383 e. The van der Waals surface area contributed by atoms with Crippen molar-refractivity contribution in [3.63, 3.8) is 0 Å². The summed E-state index contributed by atoms with van der Waals surface area (Å²) in [7, 11) is 1.62. The molecule has 3 rings (SSSR count). The summed E-state index contributed by atoms with van der Waals surface area (Å²) in [6, 6.07) is 0.442. The molecule has 1 aromatic heterocycles. The van der Waals surface area contributed by atoms with Gasteiger partial charge in [0.2, 0.25) is 5.91 Å². The van der Waals surface area contributed by atoms with Gasteiger partial charge in [-0.15, -0.1) is 11.3 Å². The number of ether oxygens (including phenoxy) is 1. The minimum absolute atomic E-state index is 0.0201. The van der Waals surface area contributed by atoms with E-state index in [0.29, 0.717) is 36.3 Å². The quantitative estimate of drug-likeness (QED) is 0.699. The highest BCUT2D eigenvalue weighted by atomic mass is 32.1. The van der Waals surface area contributed by atoms with Crippen LogP contribution in [0.5, 0.6) is 0 Å². The van der Waals surface area contributed by atoms with Crippen molar-refractivity contribution >= 4 is 28.2 Å². The molecule has 0 aromatic carbocycles. The monoisotopic (exact) mass is 393 g/mol. The van der Waals surface area contributed by atoms with Crippen molar-refractivity contribution in [2.24, 2.45) is 0 Å². The van der Waals surface area contributed by atoms with Gasteiger partial charge in [0, 0.05) is 24.6 Å². The van der Waals surface area contributed by atoms with Gasteiger partial charge < -0.3 is 15.4 Å². The lowest BCUT2D eigenvalue weighted by Gasteiger charge is -2.32. The second-order valence-corrected chi connectivity index (χ2v) is 8.63. The van der Waals surface area contributed by atoms with Crippen LogP contribution in [-0.4, -0.2) is 56.1 Å². The third-order valence-electron chi connectivity index (χ3n) is 5.53. The normalized spacial score (nSPS) is 20.1. The molecule has 2 N–H and O–H groups in total. The van der Waals surface area contributed by atoms with Crippen LogP contribution in [0.25, 0.3) is 0 Å². The van der Waals surface area contributed by atoms with Crippen LogP contribution in [0.2, 0.25) is 0 Å². The van der Waals surface area contributed by atoms with Gasteiger partial charge in [0.25, 0.3) is 5.91 Å². The van der Waals surface area contributed by atoms with Gasteiger partial charge in [0.15, 0.2) is 0 Å². The summed E-state index contributed by atoms with van der Waals surface area (Å²) in [6.45, 7) is 4.50. The van der Waals surface area contributed by atoms with E-state index in [2.05, 4.69) is 22.5 Å². The van der Waals surface area contributed by atoms with Crippen molar-refractivity contribution in [3.8, 4) is 0 Å². The topological polar surface area (TPSA) is 70.7 Å². The van der Waals surface area contributed by atoms with Gasteiger partial charge in [-0.25, -0.2) is 0 Å². The summed E-state index contributed by atoms with van der Waals surface area (Å²) in [5.41, 5.74) is 1.80. The highest BCUT2D eigenvalue weighted by Gasteiger charge is 2.27. The Balaban J connectivity index is 1.72. The molecule has 27 heavy (non-hydrogen) atoms. The molecule has 1 fully saturated rings. The Morgan fingerprint density at radius 3 is 2.81 bits per heavy atom. The van der Waals surface area contributed by atoms with E-state index in [9.17, 15) is 9.59 Å². The first-order chi connectivity index (χ1) is 13.1. The average molecular weight is 394 g/mol. The van der Waals surface area contributed by atoms with Gasteiger partial charge in [0.1, 0.15) is 5.00 Å². The van der Waals surface area contributed by atoms with E-state index in [1.807, 2.05) is 0 Å². The van der Waals surface area contributed by atoms with Crippen molar-refractivity contribution in [1.29, 1.82) is 0 Å². The predicted molar refractivity (Wildman–Crippen MR) is 109 cm³/mol. The van der Waals surface area contributed by atoms with Gasteiger partial charge in [-0.2, -0.15) is 0 Å². The molecule has 6 nitrogen and oxygen atoms in total. The van der Waals surface area contributed by atoms with Crippen molar-refractivity contribution in [3.05, 3.63) is 16.0 Å². The number of hydrogen-bond donors (Lipinski definition) is 2. The molecular formula is C20H31N3O3S. The summed E-state index contributed by atoms with van der Waals surface area (Å²) in [6.07, 6.45) is 7.70. The Morgan fingerprint density at radius 2 is 2.04 bits per heavy atom. The van der Waals surface area contributed by atoms with Gasteiger partial charge in [-0.05, 0) is 57.6 Å². The Hall–Kier alpha value is -1.44. The Labute approximate surface area is 165 Å². The fourth-order valence-electron chi connectivity index (χ4n) is 3.99. The zero-order valence-electron chi connectivity index (χ0n) is 16.4. The Bertz CT molecular complexity index is 674. The number of rotatable bonds is 7. The number of fused-ring (bicyclic) bond motifs is 1. The minimum Gasteiger partial charge on any atom is -0.383 e. The number of carbonyl (C=O) groups excluding carboxylic acids is 2. The van der Waals surface area contributed by atoms with Crippen LogP contribution in [0.1, 0.15) is 59.8 Å². The van der Waals surface area contributed by atoms with Crippen LogP contribution in [-0.2, 0) is 22.4 Å². The average Bonchev–Trinajstić information content (AvgIpc) is 3.01. The van der Waals surface area contributed by atoms with E-state index in [0.717, 1.165) is 50.6 Å². The smallest absolute Gasteiger partial charge is 0.254 e. The minimum atomic E-state index is -0.104. The number of piperidine rings is 1. The Kier molecular flexibility index (Phi) is 7.26. The molecule has 2 amide bonds. The number of anilines is 1. The van der Waals surface area contributed by atoms with Crippen molar-refractivity contribution in [2.45, 2.75) is 57.9 Å². The molecule has 1 aliphatic heterocycles. The lowest BCUT2D eigenvalue weighted by Crippen LogP contribution is -2.42. The fourth-order valence-corrected chi connectivity index (χ4v) is 5.30. The molecule has 0 saturated carbocycles. The maximum atomic E-state index is 12.8. The van der Waals surface area contributed by atoms with Crippen molar-refractivity contribution in [1.82, 2.24) is 10.2 Å². The maximum absolute atomic E-state index is 12.8.